The van der Waals surface area contributed by atoms with Gasteiger partial charge in [-0.3, -0.25) is 0 Å². The van der Waals surface area contributed by atoms with Crippen molar-refractivity contribution in [1.82, 2.24) is 0 Å². The molecule has 2 heterocycles. The molecule has 0 saturated carbocycles. The van der Waals surface area contributed by atoms with Gasteiger partial charge in [0.1, 0.15) is 22.3 Å². The van der Waals surface area contributed by atoms with Crippen LogP contribution >= 0.6 is 0 Å². The Hall–Kier alpha value is -6.58. The van der Waals surface area contributed by atoms with Crippen LogP contribution in [0.15, 0.2) is 173 Å². The second kappa shape index (κ2) is 9.96. The summed E-state index contributed by atoms with van der Waals surface area (Å²) in [7, 11) is 0. The van der Waals surface area contributed by atoms with Crippen LogP contribution in [0, 0.1) is 0 Å². The van der Waals surface area contributed by atoms with Gasteiger partial charge in [-0.05, 0) is 98.4 Å². The van der Waals surface area contributed by atoms with Gasteiger partial charge in [-0.15, -0.1) is 0 Å². The van der Waals surface area contributed by atoms with E-state index in [9.17, 15) is 0 Å². The second-order valence-corrected chi connectivity index (χ2v) is 12.9. The van der Waals surface area contributed by atoms with Gasteiger partial charge < -0.3 is 13.7 Å². The van der Waals surface area contributed by atoms with E-state index in [1.54, 1.807) is 0 Å². The lowest BCUT2D eigenvalue weighted by atomic mass is 9.98. The standard InChI is InChI=1S/C46H27NO2/c1-2-9-33-28(8-1)19-22-35-34(33)12-7-13-42(35)47(32-21-23-45-40(26-32)36-10-3-5-14-43(36)48-45)31-20-18-29-16-17-30-24-46-41(27-39(30)38(29)25-31)37-11-4-6-15-44(37)49-46/h1-27H. The Morgan fingerprint density at radius 2 is 0.837 bits per heavy atom. The Balaban J connectivity index is 1.21. The highest BCUT2D eigenvalue weighted by molar-refractivity contribution is 6.18. The van der Waals surface area contributed by atoms with E-state index in [2.05, 4.69) is 144 Å². The van der Waals surface area contributed by atoms with E-state index in [1.807, 2.05) is 24.3 Å². The van der Waals surface area contributed by atoms with E-state index in [1.165, 1.54) is 37.7 Å². The third kappa shape index (κ3) is 3.90. The lowest BCUT2D eigenvalue weighted by molar-refractivity contribution is 0.668. The molecule has 0 amide bonds. The summed E-state index contributed by atoms with van der Waals surface area (Å²) in [4.78, 5) is 2.41. The first-order valence-electron chi connectivity index (χ1n) is 16.7. The van der Waals surface area contributed by atoms with Crippen LogP contribution in [-0.2, 0) is 0 Å². The van der Waals surface area contributed by atoms with Gasteiger partial charge in [0, 0.05) is 38.3 Å². The molecule has 9 aromatic carbocycles. The number of hydrogen-bond donors (Lipinski definition) is 0. The summed E-state index contributed by atoms with van der Waals surface area (Å²) in [6, 6.07) is 58.7. The highest BCUT2D eigenvalue weighted by atomic mass is 16.3. The van der Waals surface area contributed by atoms with Gasteiger partial charge in [0.15, 0.2) is 0 Å². The van der Waals surface area contributed by atoms with Crippen LogP contribution in [0.1, 0.15) is 0 Å². The molecule has 0 spiro atoms. The zero-order valence-corrected chi connectivity index (χ0v) is 26.4. The molecule has 0 fully saturated rings. The molecule has 11 aromatic rings. The Morgan fingerprint density at radius 3 is 1.67 bits per heavy atom. The molecule has 0 bridgehead atoms. The monoisotopic (exact) mass is 625 g/mol. The largest absolute Gasteiger partial charge is 0.456 e. The Bertz CT molecular complexity index is 3130. The molecule has 11 rings (SSSR count). The SMILES string of the molecule is c1ccc2c(c1)ccc1c(N(c3ccc4ccc5cc6oc7ccccc7c6cc5c4c3)c3ccc4oc5ccccc5c4c3)cccc12. The van der Waals surface area contributed by atoms with Gasteiger partial charge in [0.2, 0.25) is 0 Å². The molecule has 0 atom stereocenters. The van der Waals surface area contributed by atoms with Gasteiger partial charge >= 0.3 is 0 Å². The normalized spacial score (nSPS) is 12.1. The van der Waals surface area contributed by atoms with Crippen LogP contribution in [0.25, 0.3) is 87.0 Å². The quantitative estimate of drug-likeness (QED) is 0.183. The lowest BCUT2D eigenvalue weighted by Crippen LogP contribution is -2.10. The lowest BCUT2D eigenvalue weighted by Gasteiger charge is -2.27. The molecule has 0 saturated heterocycles. The van der Waals surface area contributed by atoms with Crippen LogP contribution in [0.3, 0.4) is 0 Å². The molecule has 0 unspecified atom stereocenters. The Morgan fingerprint density at radius 1 is 0.286 bits per heavy atom. The predicted molar refractivity (Wildman–Crippen MR) is 206 cm³/mol. The number of nitrogens with zero attached hydrogens (tertiary/aromatic N) is 1. The van der Waals surface area contributed by atoms with E-state index in [-0.39, 0.29) is 0 Å². The van der Waals surface area contributed by atoms with Gasteiger partial charge in [0.05, 0.1) is 5.69 Å². The number of benzene rings is 9. The number of fused-ring (bicyclic) bond motifs is 12. The van der Waals surface area contributed by atoms with E-state index in [0.29, 0.717) is 0 Å². The third-order valence-electron chi connectivity index (χ3n) is 10.2. The molecule has 2 aromatic heterocycles. The van der Waals surface area contributed by atoms with E-state index >= 15 is 0 Å². The molecular formula is C46H27NO2. The highest BCUT2D eigenvalue weighted by Crippen LogP contribution is 2.44. The molecule has 3 heteroatoms. The maximum absolute atomic E-state index is 6.26. The summed E-state index contributed by atoms with van der Waals surface area (Å²) in [6.45, 7) is 0. The first-order chi connectivity index (χ1) is 24.3. The minimum atomic E-state index is 0.884. The molecule has 0 N–H and O–H groups in total. The summed E-state index contributed by atoms with van der Waals surface area (Å²) in [5, 5.41) is 14.2. The van der Waals surface area contributed by atoms with Crippen molar-refractivity contribution in [2.45, 2.75) is 0 Å². The van der Waals surface area contributed by atoms with E-state index in [0.717, 1.165) is 66.3 Å². The highest BCUT2D eigenvalue weighted by Gasteiger charge is 2.19. The molecule has 228 valence electrons. The fraction of sp³-hybridized carbons (Fsp3) is 0. The van der Waals surface area contributed by atoms with Gasteiger partial charge in [-0.2, -0.15) is 0 Å². The summed E-state index contributed by atoms with van der Waals surface area (Å²) in [5.41, 5.74) is 6.89. The summed E-state index contributed by atoms with van der Waals surface area (Å²) in [6.07, 6.45) is 0. The van der Waals surface area contributed by atoms with Crippen LogP contribution in [-0.4, -0.2) is 0 Å². The van der Waals surface area contributed by atoms with Crippen molar-refractivity contribution in [3.05, 3.63) is 164 Å². The molecule has 0 aliphatic rings. The second-order valence-electron chi connectivity index (χ2n) is 12.9. The van der Waals surface area contributed by atoms with Crippen LogP contribution < -0.4 is 4.90 Å². The molecule has 0 aliphatic heterocycles. The maximum Gasteiger partial charge on any atom is 0.136 e. The van der Waals surface area contributed by atoms with Crippen molar-refractivity contribution in [2.75, 3.05) is 4.90 Å². The number of furan rings is 2. The molecule has 0 radical (unpaired) electrons. The van der Waals surface area contributed by atoms with Crippen LogP contribution in [0.2, 0.25) is 0 Å². The number of anilines is 3. The Labute approximate surface area is 280 Å². The average Bonchev–Trinajstić information content (AvgIpc) is 3.71. The molecular weight excluding hydrogens is 599 g/mol. The topological polar surface area (TPSA) is 29.5 Å². The fourth-order valence-corrected chi connectivity index (χ4v) is 7.90. The van der Waals surface area contributed by atoms with E-state index in [4.69, 9.17) is 8.83 Å². The van der Waals surface area contributed by atoms with E-state index < -0.39 is 0 Å². The van der Waals surface area contributed by atoms with Gasteiger partial charge in [-0.1, -0.05) is 103 Å². The fourth-order valence-electron chi connectivity index (χ4n) is 7.90. The van der Waals surface area contributed by atoms with Crippen molar-refractivity contribution >= 4 is 104 Å². The third-order valence-corrected chi connectivity index (χ3v) is 10.2. The molecule has 0 aliphatic carbocycles. The number of rotatable bonds is 3. The van der Waals surface area contributed by atoms with Crippen LogP contribution in [0.4, 0.5) is 17.1 Å². The first kappa shape index (κ1) is 26.5. The first-order valence-corrected chi connectivity index (χ1v) is 16.7. The predicted octanol–water partition coefficient (Wildman–Crippen LogP) is 13.6. The summed E-state index contributed by atoms with van der Waals surface area (Å²) >= 11 is 0. The average molecular weight is 626 g/mol. The zero-order valence-electron chi connectivity index (χ0n) is 26.4. The van der Waals surface area contributed by atoms with Gasteiger partial charge in [-0.25, -0.2) is 0 Å². The molecule has 49 heavy (non-hydrogen) atoms. The van der Waals surface area contributed by atoms with Crippen LogP contribution in [0.5, 0.6) is 0 Å². The summed E-state index contributed by atoms with van der Waals surface area (Å²) in [5.74, 6) is 0. The smallest absolute Gasteiger partial charge is 0.136 e. The zero-order chi connectivity index (χ0) is 32.1. The van der Waals surface area contributed by atoms with Crippen molar-refractivity contribution in [1.29, 1.82) is 0 Å². The van der Waals surface area contributed by atoms with Gasteiger partial charge in [0.25, 0.3) is 0 Å². The van der Waals surface area contributed by atoms with Crippen molar-refractivity contribution < 1.29 is 8.83 Å². The minimum Gasteiger partial charge on any atom is -0.456 e. The summed E-state index contributed by atoms with van der Waals surface area (Å²) < 4.78 is 12.5. The number of hydrogen-bond acceptors (Lipinski definition) is 3. The van der Waals surface area contributed by atoms with Crippen molar-refractivity contribution in [3.8, 4) is 0 Å². The maximum atomic E-state index is 6.26. The Kier molecular flexibility index (Phi) is 5.38. The van der Waals surface area contributed by atoms with Crippen molar-refractivity contribution in [3.63, 3.8) is 0 Å². The molecule has 3 nitrogen and oxygen atoms in total. The minimum absolute atomic E-state index is 0.884. The number of para-hydroxylation sites is 2. The van der Waals surface area contributed by atoms with Crippen molar-refractivity contribution in [2.24, 2.45) is 0 Å².